The summed E-state index contributed by atoms with van der Waals surface area (Å²) in [6.45, 7) is 0. The van der Waals surface area contributed by atoms with Gasteiger partial charge in [0.1, 0.15) is 0 Å². The number of hydrogen-bond donors (Lipinski definition) is 2. The number of aromatic nitrogens is 1. The van der Waals surface area contributed by atoms with Gasteiger partial charge in [-0.15, -0.1) is 12.4 Å². The van der Waals surface area contributed by atoms with Crippen LogP contribution in [-0.2, 0) is 0 Å². The van der Waals surface area contributed by atoms with Crippen LogP contribution < -0.4 is 11.3 Å². The molecular formula is C6H8ClN3O. The Labute approximate surface area is 70.2 Å². The van der Waals surface area contributed by atoms with E-state index in [2.05, 4.69) is 4.98 Å². The van der Waals surface area contributed by atoms with E-state index >= 15 is 0 Å². The first kappa shape index (κ1) is 9.87. The minimum absolute atomic E-state index is 0. The van der Waals surface area contributed by atoms with Crippen LogP contribution in [0.4, 0.5) is 0 Å². The summed E-state index contributed by atoms with van der Waals surface area (Å²) in [6, 6.07) is 3.31. The molecule has 11 heavy (non-hydrogen) atoms. The van der Waals surface area contributed by atoms with Crippen molar-refractivity contribution in [3.05, 3.63) is 30.1 Å². The third-order valence-corrected chi connectivity index (χ3v) is 1.05. The van der Waals surface area contributed by atoms with Crippen molar-refractivity contribution in [2.45, 2.75) is 0 Å². The molecule has 0 atom stereocenters. The van der Waals surface area contributed by atoms with Crippen LogP contribution in [0.1, 0.15) is 10.4 Å². The van der Waals surface area contributed by atoms with Crippen molar-refractivity contribution in [3.63, 3.8) is 0 Å². The van der Waals surface area contributed by atoms with E-state index in [4.69, 9.17) is 5.84 Å². The standard InChI is InChI=1S/C6H7N3O.ClH/c7-9-6(10)5-2-1-3-8-4-5;/h1-4H,7H2,(H,9,10);1H. The second-order valence-corrected chi connectivity index (χ2v) is 1.72. The minimum atomic E-state index is -0.326. The molecular weight excluding hydrogens is 166 g/mol. The fourth-order valence-corrected chi connectivity index (χ4v) is 0.580. The lowest BCUT2D eigenvalue weighted by Crippen LogP contribution is -2.29. The zero-order chi connectivity index (χ0) is 7.40. The third-order valence-electron chi connectivity index (χ3n) is 1.05. The summed E-state index contributed by atoms with van der Waals surface area (Å²) in [5.41, 5.74) is 2.47. The van der Waals surface area contributed by atoms with Crippen LogP contribution in [0.25, 0.3) is 0 Å². The lowest BCUT2D eigenvalue weighted by Gasteiger charge is -1.95. The molecule has 0 unspecified atom stereocenters. The second kappa shape index (κ2) is 4.65. The van der Waals surface area contributed by atoms with Gasteiger partial charge >= 0.3 is 0 Å². The van der Waals surface area contributed by atoms with Crippen molar-refractivity contribution < 1.29 is 4.79 Å². The van der Waals surface area contributed by atoms with Crippen molar-refractivity contribution in [1.29, 1.82) is 0 Å². The van der Waals surface area contributed by atoms with E-state index in [-0.39, 0.29) is 18.3 Å². The summed E-state index contributed by atoms with van der Waals surface area (Å²) in [6.07, 6.45) is 3.04. The summed E-state index contributed by atoms with van der Waals surface area (Å²) < 4.78 is 0. The van der Waals surface area contributed by atoms with Gasteiger partial charge in [0.05, 0.1) is 5.56 Å². The van der Waals surface area contributed by atoms with Gasteiger partial charge in [0.2, 0.25) is 0 Å². The van der Waals surface area contributed by atoms with Crippen LogP contribution in [-0.4, -0.2) is 10.9 Å². The van der Waals surface area contributed by atoms with E-state index in [1.165, 1.54) is 6.20 Å². The molecule has 0 aliphatic heterocycles. The number of halogens is 1. The number of hydrazine groups is 1. The highest BCUT2D eigenvalue weighted by molar-refractivity contribution is 5.93. The number of rotatable bonds is 1. The average molecular weight is 174 g/mol. The van der Waals surface area contributed by atoms with Gasteiger partial charge in [-0.25, -0.2) is 5.84 Å². The number of amides is 1. The van der Waals surface area contributed by atoms with Crippen molar-refractivity contribution in [1.82, 2.24) is 10.4 Å². The van der Waals surface area contributed by atoms with E-state index in [0.717, 1.165) is 0 Å². The zero-order valence-electron chi connectivity index (χ0n) is 5.65. The zero-order valence-corrected chi connectivity index (χ0v) is 6.47. The molecule has 1 aromatic rings. The maximum absolute atomic E-state index is 10.7. The smallest absolute Gasteiger partial charge is 0.266 e. The lowest BCUT2D eigenvalue weighted by molar-refractivity contribution is 0.0953. The highest BCUT2D eigenvalue weighted by Crippen LogP contribution is 1.92. The number of nitrogens with one attached hydrogen (secondary N) is 1. The van der Waals surface area contributed by atoms with Crippen LogP contribution in [0.3, 0.4) is 0 Å². The van der Waals surface area contributed by atoms with Crippen LogP contribution in [0.15, 0.2) is 24.5 Å². The number of carbonyl (C=O) groups is 1. The number of nitrogens with zero attached hydrogens (tertiary/aromatic N) is 1. The van der Waals surface area contributed by atoms with Gasteiger partial charge in [0.25, 0.3) is 5.91 Å². The van der Waals surface area contributed by atoms with Gasteiger partial charge in [0, 0.05) is 12.4 Å². The molecule has 0 saturated carbocycles. The summed E-state index contributed by atoms with van der Waals surface area (Å²) in [5, 5.41) is 0. The highest BCUT2D eigenvalue weighted by Gasteiger charge is 1.99. The van der Waals surface area contributed by atoms with E-state index in [1.807, 2.05) is 5.43 Å². The van der Waals surface area contributed by atoms with Crippen LogP contribution in [0.2, 0.25) is 0 Å². The van der Waals surface area contributed by atoms with Crippen molar-refractivity contribution in [3.8, 4) is 0 Å². The monoisotopic (exact) mass is 173 g/mol. The fraction of sp³-hybridized carbons (Fsp3) is 0. The molecule has 0 saturated heterocycles. The van der Waals surface area contributed by atoms with E-state index < -0.39 is 0 Å². The van der Waals surface area contributed by atoms with Crippen molar-refractivity contribution >= 4 is 18.3 Å². The summed E-state index contributed by atoms with van der Waals surface area (Å²) >= 11 is 0. The summed E-state index contributed by atoms with van der Waals surface area (Å²) in [7, 11) is 0. The molecule has 0 spiro atoms. The summed E-state index contributed by atoms with van der Waals surface area (Å²) in [4.78, 5) is 14.5. The number of carbonyl (C=O) groups excluding carboxylic acids is 1. The predicted octanol–water partition coefficient (Wildman–Crippen LogP) is 0.107. The first-order valence-corrected chi connectivity index (χ1v) is 2.75. The maximum atomic E-state index is 10.7. The number of hydrogen-bond acceptors (Lipinski definition) is 3. The van der Waals surface area contributed by atoms with Crippen LogP contribution in [0.5, 0.6) is 0 Å². The molecule has 0 aliphatic rings. The van der Waals surface area contributed by atoms with Gasteiger partial charge in [-0.05, 0) is 12.1 Å². The third kappa shape index (κ3) is 2.53. The Balaban J connectivity index is 0.000001000. The Bertz CT molecular complexity index is 227. The van der Waals surface area contributed by atoms with Crippen molar-refractivity contribution in [2.75, 3.05) is 0 Å². The molecule has 5 heteroatoms. The second-order valence-electron chi connectivity index (χ2n) is 1.72. The number of nitrogen functional groups attached to an aromatic ring is 1. The molecule has 1 heterocycles. The Morgan fingerprint density at radius 2 is 2.36 bits per heavy atom. The van der Waals surface area contributed by atoms with E-state index in [9.17, 15) is 4.79 Å². The van der Waals surface area contributed by atoms with E-state index in [1.54, 1.807) is 18.3 Å². The molecule has 4 nitrogen and oxygen atoms in total. The normalized spacial score (nSPS) is 8.09. The number of pyridine rings is 1. The molecule has 0 bridgehead atoms. The van der Waals surface area contributed by atoms with E-state index in [0.29, 0.717) is 5.56 Å². The molecule has 1 rings (SSSR count). The molecule has 1 aromatic heterocycles. The Kier molecular flexibility index (Phi) is 4.17. The summed E-state index contributed by atoms with van der Waals surface area (Å²) in [5.74, 6) is 4.55. The first-order chi connectivity index (χ1) is 4.84. The van der Waals surface area contributed by atoms with Gasteiger partial charge in [-0.3, -0.25) is 15.2 Å². The molecule has 60 valence electrons. The first-order valence-electron chi connectivity index (χ1n) is 2.75. The molecule has 1 amide bonds. The largest absolute Gasteiger partial charge is 0.290 e. The molecule has 3 N–H and O–H groups in total. The van der Waals surface area contributed by atoms with Crippen LogP contribution in [0, 0.1) is 0 Å². The number of nitrogens with two attached hydrogens (primary N) is 1. The van der Waals surface area contributed by atoms with Crippen LogP contribution >= 0.6 is 12.4 Å². The topological polar surface area (TPSA) is 68.0 Å². The Morgan fingerprint density at radius 1 is 1.64 bits per heavy atom. The SMILES string of the molecule is Cl.NNC(=O)c1cccnc1. The fourth-order valence-electron chi connectivity index (χ4n) is 0.580. The Hall–Kier alpha value is -1.13. The molecule has 0 radical (unpaired) electrons. The molecule has 0 fully saturated rings. The molecule has 0 aromatic carbocycles. The minimum Gasteiger partial charge on any atom is -0.290 e. The Morgan fingerprint density at radius 3 is 2.82 bits per heavy atom. The van der Waals surface area contributed by atoms with Gasteiger partial charge < -0.3 is 0 Å². The van der Waals surface area contributed by atoms with Crippen molar-refractivity contribution in [2.24, 2.45) is 5.84 Å². The quantitative estimate of drug-likeness (QED) is 0.360. The van der Waals surface area contributed by atoms with Gasteiger partial charge in [-0.2, -0.15) is 0 Å². The molecule has 0 aliphatic carbocycles. The predicted molar refractivity (Wildman–Crippen MR) is 43.1 cm³/mol. The highest BCUT2D eigenvalue weighted by atomic mass is 35.5. The lowest BCUT2D eigenvalue weighted by atomic mass is 10.3. The average Bonchev–Trinajstić information content (AvgIpc) is 2.05. The van der Waals surface area contributed by atoms with Gasteiger partial charge in [-0.1, -0.05) is 0 Å². The maximum Gasteiger partial charge on any atom is 0.266 e. The van der Waals surface area contributed by atoms with Gasteiger partial charge in [0.15, 0.2) is 0 Å².